The first-order chi connectivity index (χ1) is 9.60. The quantitative estimate of drug-likeness (QED) is 0.691. The van der Waals surface area contributed by atoms with Crippen molar-refractivity contribution in [1.29, 1.82) is 5.26 Å². The van der Waals surface area contributed by atoms with Gasteiger partial charge < -0.3 is 9.72 Å². The zero-order chi connectivity index (χ0) is 14.7. The van der Waals surface area contributed by atoms with E-state index in [4.69, 9.17) is 17.0 Å². The molecule has 0 bridgehead atoms. The number of hydrogen-bond acceptors (Lipinski definition) is 5. The van der Waals surface area contributed by atoms with E-state index >= 15 is 0 Å². The lowest BCUT2D eigenvalue weighted by Gasteiger charge is -2.12. The van der Waals surface area contributed by atoms with Gasteiger partial charge in [-0.2, -0.15) is 5.26 Å². The van der Waals surface area contributed by atoms with Crippen LogP contribution >= 0.6 is 23.6 Å². The number of aromatic amines is 1. The Morgan fingerprint density at radius 2 is 2.35 bits per heavy atom. The van der Waals surface area contributed by atoms with E-state index in [0.29, 0.717) is 27.0 Å². The summed E-state index contributed by atoms with van der Waals surface area (Å²) in [7, 11) is 0. The van der Waals surface area contributed by atoms with Crippen LogP contribution in [0.5, 0.6) is 0 Å². The predicted molar refractivity (Wildman–Crippen MR) is 80.3 cm³/mol. The van der Waals surface area contributed by atoms with E-state index in [0.717, 1.165) is 4.88 Å². The number of carbonyl (C=O) groups is 1. The van der Waals surface area contributed by atoms with Gasteiger partial charge >= 0.3 is 5.97 Å². The Morgan fingerprint density at radius 3 is 2.90 bits per heavy atom. The predicted octanol–water partition coefficient (Wildman–Crippen LogP) is 3.83. The average Bonchev–Trinajstić information content (AvgIpc) is 2.91. The Bertz CT molecular complexity index is 740. The van der Waals surface area contributed by atoms with Crippen LogP contribution in [0, 0.1) is 22.9 Å². The second-order valence-electron chi connectivity index (χ2n) is 4.01. The molecule has 0 aromatic carbocycles. The summed E-state index contributed by atoms with van der Waals surface area (Å²) in [5, 5.41) is 11.2. The third-order valence-corrected chi connectivity index (χ3v) is 3.96. The third-order valence-electron chi connectivity index (χ3n) is 2.76. The van der Waals surface area contributed by atoms with Crippen molar-refractivity contribution in [2.24, 2.45) is 0 Å². The maximum absolute atomic E-state index is 12.2. The molecular weight excluding hydrogens is 292 g/mol. The number of ether oxygens (including phenoxy) is 1. The number of rotatable bonds is 3. The molecule has 0 unspecified atom stereocenters. The van der Waals surface area contributed by atoms with Crippen molar-refractivity contribution in [3.63, 3.8) is 0 Å². The molecule has 0 aliphatic heterocycles. The second kappa shape index (κ2) is 5.99. The molecule has 0 aliphatic rings. The van der Waals surface area contributed by atoms with E-state index in [2.05, 4.69) is 11.1 Å². The summed E-state index contributed by atoms with van der Waals surface area (Å²) >= 11 is 6.64. The van der Waals surface area contributed by atoms with Crippen molar-refractivity contribution < 1.29 is 9.53 Å². The Hall–Kier alpha value is -1.97. The van der Waals surface area contributed by atoms with Crippen molar-refractivity contribution in [2.75, 3.05) is 6.61 Å². The summed E-state index contributed by atoms with van der Waals surface area (Å²) in [6.45, 7) is 3.77. The van der Waals surface area contributed by atoms with Crippen molar-refractivity contribution in [1.82, 2.24) is 4.98 Å². The Labute approximate surface area is 125 Å². The molecule has 2 aromatic rings. The van der Waals surface area contributed by atoms with E-state index in [1.807, 2.05) is 17.5 Å². The van der Waals surface area contributed by atoms with E-state index < -0.39 is 5.97 Å². The SMILES string of the molecule is CCOC(=O)c1c(C)[nH]c(=S)c(C#N)c1-c1cccs1. The van der Waals surface area contributed by atoms with Crippen LogP contribution in [0.15, 0.2) is 17.5 Å². The molecule has 0 spiro atoms. The first kappa shape index (κ1) is 14.4. The molecule has 2 rings (SSSR count). The topological polar surface area (TPSA) is 65.9 Å². The van der Waals surface area contributed by atoms with Gasteiger partial charge in [-0.3, -0.25) is 0 Å². The minimum absolute atomic E-state index is 0.277. The fourth-order valence-electron chi connectivity index (χ4n) is 1.95. The van der Waals surface area contributed by atoms with Crippen molar-refractivity contribution in [3.8, 4) is 16.5 Å². The fraction of sp³-hybridized carbons (Fsp3) is 0.214. The van der Waals surface area contributed by atoms with Crippen molar-refractivity contribution >= 4 is 29.5 Å². The number of pyridine rings is 1. The third kappa shape index (κ3) is 2.50. The molecule has 1 N–H and O–H groups in total. The molecule has 2 aromatic heterocycles. The number of nitriles is 1. The smallest absolute Gasteiger partial charge is 0.340 e. The number of thiophene rings is 1. The van der Waals surface area contributed by atoms with Crippen molar-refractivity contribution in [3.05, 3.63) is 39.0 Å². The van der Waals surface area contributed by atoms with Crippen LogP contribution in [-0.4, -0.2) is 17.6 Å². The van der Waals surface area contributed by atoms with Crippen LogP contribution in [0.1, 0.15) is 28.5 Å². The number of H-pyrrole nitrogens is 1. The molecule has 0 saturated heterocycles. The molecular formula is C14H12N2O2S2. The highest BCUT2D eigenvalue weighted by molar-refractivity contribution is 7.71. The number of nitrogens with one attached hydrogen (secondary N) is 1. The van der Waals surface area contributed by atoms with Crippen LogP contribution < -0.4 is 0 Å². The van der Waals surface area contributed by atoms with Crippen LogP contribution in [0.4, 0.5) is 0 Å². The first-order valence-corrected chi connectivity index (χ1v) is 7.26. The highest BCUT2D eigenvalue weighted by Gasteiger charge is 2.22. The zero-order valence-corrected chi connectivity index (χ0v) is 12.7. The van der Waals surface area contributed by atoms with Crippen LogP contribution in [-0.2, 0) is 4.74 Å². The summed E-state index contributed by atoms with van der Waals surface area (Å²) in [5.41, 5.74) is 1.84. The maximum Gasteiger partial charge on any atom is 0.340 e. The first-order valence-electron chi connectivity index (χ1n) is 5.98. The lowest BCUT2D eigenvalue weighted by atomic mass is 10.0. The fourth-order valence-corrected chi connectivity index (χ4v) is 3.04. The summed E-state index contributed by atoms with van der Waals surface area (Å²) in [5.74, 6) is -0.448. The van der Waals surface area contributed by atoms with E-state index in [1.165, 1.54) is 11.3 Å². The molecule has 4 nitrogen and oxygen atoms in total. The second-order valence-corrected chi connectivity index (χ2v) is 5.37. The highest BCUT2D eigenvalue weighted by atomic mass is 32.1. The molecule has 6 heteroatoms. The van der Waals surface area contributed by atoms with Gasteiger partial charge in [0, 0.05) is 16.1 Å². The van der Waals surface area contributed by atoms with E-state index in [-0.39, 0.29) is 6.61 Å². The summed E-state index contributed by atoms with van der Waals surface area (Å²) in [6, 6.07) is 5.81. The number of carbonyl (C=O) groups excluding carboxylic acids is 1. The Kier molecular flexibility index (Phi) is 4.32. The Balaban J connectivity index is 2.83. The van der Waals surface area contributed by atoms with Gasteiger partial charge in [0.1, 0.15) is 10.7 Å². The highest BCUT2D eigenvalue weighted by Crippen LogP contribution is 2.33. The van der Waals surface area contributed by atoms with Crippen LogP contribution in [0.2, 0.25) is 0 Å². The van der Waals surface area contributed by atoms with Gasteiger partial charge in [0.2, 0.25) is 0 Å². The van der Waals surface area contributed by atoms with Crippen LogP contribution in [0.3, 0.4) is 0 Å². The molecule has 0 amide bonds. The molecule has 0 atom stereocenters. The van der Waals surface area contributed by atoms with Gasteiger partial charge in [-0.1, -0.05) is 18.3 Å². The van der Waals surface area contributed by atoms with Crippen LogP contribution in [0.25, 0.3) is 10.4 Å². The maximum atomic E-state index is 12.2. The number of esters is 1. The standard InChI is InChI=1S/C14H12N2O2S2/c1-3-18-14(17)11-8(2)16-13(19)9(7-15)12(11)10-5-4-6-20-10/h4-6H,3H2,1-2H3,(H,16,19). The monoisotopic (exact) mass is 304 g/mol. The number of aryl methyl sites for hydroxylation is 1. The lowest BCUT2D eigenvalue weighted by Crippen LogP contribution is -2.11. The summed E-state index contributed by atoms with van der Waals surface area (Å²) < 4.78 is 5.42. The lowest BCUT2D eigenvalue weighted by molar-refractivity contribution is 0.0526. The molecule has 2 heterocycles. The zero-order valence-electron chi connectivity index (χ0n) is 11.0. The normalized spacial score (nSPS) is 10.1. The molecule has 102 valence electrons. The number of aromatic nitrogens is 1. The number of hydrogen-bond donors (Lipinski definition) is 1. The molecule has 0 radical (unpaired) electrons. The average molecular weight is 304 g/mol. The van der Waals surface area contributed by atoms with Gasteiger partial charge in [0.15, 0.2) is 0 Å². The van der Waals surface area contributed by atoms with Gasteiger partial charge in [0.05, 0.1) is 17.7 Å². The summed E-state index contributed by atoms with van der Waals surface area (Å²) in [4.78, 5) is 15.9. The van der Waals surface area contributed by atoms with E-state index in [9.17, 15) is 10.1 Å². The van der Waals surface area contributed by atoms with Gasteiger partial charge in [-0.05, 0) is 25.3 Å². The number of nitrogens with zero attached hydrogens (tertiary/aromatic N) is 1. The minimum Gasteiger partial charge on any atom is -0.462 e. The molecule has 20 heavy (non-hydrogen) atoms. The molecule has 0 saturated carbocycles. The minimum atomic E-state index is -0.448. The van der Waals surface area contributed by atoms with Crippen molar-refractivity contribution in [2.45, 2.75) is 13.8 Å². The molecule has 0 fully saturated rings. The van der Waals surface area contributed by atoms with Gasteiger partial charge in [-0.15, -0.1) is 11.3 Å². The largest absolute Gasteiger partial charge is 0.462 e. The molecule has 0 aliphatic carbocycles. The van der Waals surface area contributed by atoms with Gasteiger partial charge in [0.25, 0.3) is 0 Å². The Morgan fingerprint density at radius 1 is 1.60 bits per heavy atom. The summed E-state index contributed by atoms with van der Waals surface area (Å²) in [6.07, 6.45) is 0. The van der Waals surface area contributed by atoms with E-state index in [1.54, 1.807) is 13.8 Å². The van der Waals surface area contributed by atoms with Gasteiger partial charge in [-0.25, -0.2) is 4.79 Å².